The minimum Gasteiger partial charge on any atom is -0.352 e. The summed E-state index contributed by atoms with van der Waals surface area (Å²) in [6.07, 6.45) is 0. The van der Waals surface area contributed by atoms with Crippen molar-refractivity contribution in [2.75, 3.05) is 31.1 Å². The molecule has 1 fully saturated rings. The Kier molecular flexibility index (Phi) is 5.26. The number of rotatable bonds is 3. The highest BCUT2D eigenvalue weighted by Gasteiger charge is 2.23. The number of carbonyl (C=O) groups is 1. The van der Waals surface area contributed by atoms with Gasteiger partial charge in [0.1, 0.15) is 0 Å². The number of anilines is 1. The topological polar surface area (TPSA) is 49.3 Å². The van der Waals surface area contributed by atoms with Gasteiger partial charge in [-0.1, -0.05) is 60.1 Å². The number of nitrogens with zero attached hydrogens (tertiary/aromatic N) is 4. The molecular formula is C25H21ClN4O. The number of amides is 1. The van der Waals surface area contributed by atoms with Crippen LogP contribution in [0, 0.1) is 0 Å². The summed E-state index contributed by atoms with van der Waals surface area (Å²) in [5.74, 6) is 0.888. The summed E-state index contributed by atoms with van der Waals surface area (Å²) in [5.41, 5.74) is 2.35. The summed E-state index contributed by atoms with van der Waals surface area (Å²) in [4.78, 5) is 17.1. The molecule has 6 heteroatoms. The van der Waals surface area contributed by atoms with Crippen molar-refractivity contribution in [3.8, 4) is 11.3 Å². The number of aromatic nitrogens is 2. The molecule has 0 atom stereocenters. The lowest BCUT2D eigenvalue weighted by molar-refractivity contribution is 0.0746. The lowest BCUT2D eigenvalue weighted by Gasteiger charge is -2.35. The van der Waals surface area contributed by atoms with Crippen LogP contribution in [0.3, 0.4) is 0 Å². The van der Waals surface area contributed by atoms with Gasteiger partial charge in [0.05, 0.1) is 10.7 Å². The van der Waals surface area contributed by atoms with E-state index in [-0.39, 0.29) is 5.91 Å². The van der Waals surface area contributed by atoms with Gasteiger partial charge in [-0.25, -0.2) is 0 Å². The Morgan fingerprint density at radius 3 is 2.26 bits per heavy atom. The molecule has 0 bridgehead atoms. The summed E-state index contributed by atoms with van der Waals surface area (Å²) in [7, 11) is 0. The van der Waals surface area contributed by atoms with Gasteiger partial charge in [-0.3, -0.25) is 4.79 Å². The number of benzene rings is 3. The number of halogens is 1. The maximum absolute atomic E-state index is 13.0. The van der Waals surface area contributed by atoms with E-state index in [1.807, 2.05) is 77.7 Å². The fourth-order valence-electron chi connectivity index (χ4n) is 3.95. The van der Waals surface area contributed by atoms with Crippen LogP contribution in [-0.4, -0.2) is 47.2 Å². The van der Waals surface area contributed by atoms with Crippen LogP contribution < -0.4 is 4.90 Å². The molecule has 1 aliphatic heterocycles. The smallest absolute Gasteiger partial charge is 0.253 e. The minimum atomic E-state index is 0.0746. The SMILES string of the molecule is O=C(c1ccc2ccccc2c1)N1CCN(c2ccc(-c3ccccc3Cl)nn2)CC1. The van der Waals surface area contributed by atoms with Gasteiger partial charge in [-0.15, -0.1) is 10.2 Å². The summed E-state index contributed by atoms with van der Waals surface area (Å²) >= 11 is 6.26. The van der Waals surface area contributed by atoms with Gasteiger partial charge < -0.3 is 9.80 Å². The van der Waals surface area contributed by atoms with E-state index in [9.17, 15) is 4.79 Å². The second-order valence-corrected chi connectivity index (χ2v) is 8.00. The molecule has 2 heterocycles. The molecule has 0 aliphatic carbocycles. The third kappa shape index (κ3) is 3.97. The summed E-state index contributed by atoms with van der Waals surface area (Å²) in [5, 5.41) is 11.6. The van der Waals surface area contributed by atoms with E-state index < -0.39 is 0 Å². The Morgan fingerprint density at radius 2 is 1.52 bits per heavy atom. The third-order valence-electron chi connectivity index (χ3n) is 5.69. The highest BCUT2D eigenvalue weighted by atomic mass is 35.5. The number of piperazine rings is 1. The fourth-order valence-corrected chi connectivity index (χ4v) is 4.18. The van der Waals surface area contributed by atoms with Gasteiger partial charge in [0, 0.05) is 37.3 Å². The van der Waals surface area contributed by atoms with Gasteiger partial charge in [0.25, 0.3) is 5.91 Å². The van der Waals surface area contributed by atoms with Crippen molar-refractivity contribution in [1.82, 2.24) is 15.1 Å². The van der Waals surface area contributed by atoms with Crippen molar-refractivity contribution >= 4 is 34.1 Å². The quantitative estimate of drug-likeness (QED) is 0.465. The van der Waals surface area contributed by atoms with E-state index in [2.05, 4.69) is 21.2 Å². The standard InChI is InChI=1S/C25H21ClN4O/c26-22-8-4-3-7-21(22)23-11-12-24(28-27-23)29-13-15-30(16-14-29)25(31)20-10-9-18-5-1-2-6-19(18)17-20/h1-12,17H,13-16H2. The molecule has 1 amide bonds. The Hall–Kier alpha value is -3.44. The van der Waals surface area contributed by atoms with Crippen molar-refractivity contribution in [2.24, 2.45) is 0 Å². The molecule has 4 aromatic rings. The van der Waals surface area contributed by atoms with Crippen LogP contribution in [0.2, 0.25) is 5.02 Å². The minimum absolute atomic E-state index is 0.0746. The molecule has 0 N–H and O–H groups in total. The van der Waals surface area contributed by atoms with Crippen molar-refractivity contribution < 1.29 is 4.79 Å². The van der Waals surface area contributed by atoms with Gasteiger partial charge >= 0.3 is 0 Å². The lowest BCUT2D eigenvalue weighted by atomic mass is 10.1. The van der Waals surface area contributed by atoms with Crippen LogP contribution in [0.4, 0.5) is 5.82 Å². The number of hydrogen-bond acceptors (Lipinski definition) is 4. The molecule has 0 radical (unpaired) electrons. The summed E-state index contributed by atoms with van der Waals surface area (Å²) in [6, 6.07) is 25.5. The average molecular weight is 429 g/mol. The Labute approximate surface area is 185 Å². The average Bonchev–Trinajstić information content (AvgIpc) is 2.84. The Bertz CT molecular complexity index is 1230. The number of carbonyl (C=O) groups excluding carboxylic acids is 1. The van der Waals surface area contributed by atoms with E-state index in [0.717, 1.165) is 46.5 Å². The van der Waals surface area contributed by atoms with Crippen LogP contribution >= 0.6 is 11.6 Å². The normalized spacial score (nSPS) is 14.1. The maximum atomic E-state index is 13.0. The Balaban J connectivity index is 1.25. The van der Waals surface area contributed by atoms with Crippen LogP contribution in [0.25, 0.3) is 22.0 Å². The fraction of sp³-hybridized carbons (Fsp3) is 0.160. The van der Waals surface area contributed by atoms with E-state index in [0.29, 0.717) is 18.1 Å². The summed E-state index contributed by atoms with van der Waals surface area (Å²) in [6.45, 7) is 2.75. The van der Waals surface area contributed by atoms with Crippen LogP contribution in [0.5, 0.6) is 0 Å². The van der Waals surface area contributed by atoms with E-state index in [1.54, 1.807) is 0 Å². The molecule has 0 spiro atoms. The number of fused-ring (bicyclic) bond motifs is 1. The lowest BCUT2D eigenvalue weighted by Crippen LogP contribution is -2.49. The van der Waals surface area contributed by atoms with Crippen molar-refractivity contribution in [2.45, 2.75) is 0 Å². The zero-order valence-corrected chi connectivity index (χ0v) is 17.7. The van der Waals surface area contributed by atoms with Crippen LogP contribution in [0.15, 0.2) is 78.9 Å². The first-order valence-electron chi connectivity index (χ1n) is 10.3. The molecule has 0 saturated carbocycles. The first kappa shape index (κ1) is 19.5. The molecule has 1 aromatic heterocycles. The van der Waals surface area contributed by atoms with Crippen LogP contribution in [0.1, 0.15) is 10.4 Å². The van der Waals surface area contributed by atoms with Gasteiger partial charge in [0.15, 0.2) is 5.82 Å². The molecule has 1 saturated heterocycles. The Morgan fingerprint density at radius 1 is 0.774 bits per heavy atom. The predicted octanol–water partition coefficient (Wildman–Crippen LogP) is 4.91. The second kappa shape index (κ2) is 8.36. The largest absolute Gasteiger partial charge is 0.352 e. The van der Waals surface area contributed by atoms with Gasteiger partial charge in [-0.2, -0.15) is 0 Å². The molecule has 154 valence electrons. The molecule has 0 unspecified atom stereocenters. The first-order chi connectivity index (χ1) is 15.2. The van der Waals surface area contributed by atoms with E-state index >= 15 is 0 Å². The molecule has 31 heavy (non-hydrogen) atoms. The second-order valence-electron chi connectivity index (χ2n) is 7.60. The summed E-state index contributed by atoms with van der Waals surface area (Å²) < 4.78 is 0. The zero-order chi connectivity index (χ0) is 21.2. The third-order valence-corrected chi connectivity index (χ3v) is 6.02. The molecule has 5 nitrogen and oxygen atoms in total. The highest BCUT2D eigenvalue weighted by molar-refractivity contribution is 6.33. The number of hydrogen-bond donors (Lipinski definition) is 0. The first-order valence-corrected chi connectivity index (χ1v) is 10.7. The van der Waals surface area contributed by atoms with Gasteiger partial charge in [0.2, 0.25) is 0 Å². The zero-order valence-electron chi connectivity index (χ0n) is 16.9. The van der Waals surface area contributed by atoms with Gasteiger partial charge in [-0.05, 0) is 41.1 Å². The van der Waals surface area contributed by atoms with Crippen molar-refractivity contribution in [3.05, 3.63) is 89.4 Å². The molecular weight excluding hydrogens is 408 g/mol. The maximum Gasteiger partial charge on any atom is 0.253 e. The monoisotopic (exact) mass is 428 g/mol. The van der Waals surface area contributed by atoms with Crippen molar-refractivity contribution in [1.29, 1.82) is 0 Å². The molecule has 5 rings (SSSR count). The predicted molar refractivity (Wildman–Crippen MR) is 125 cm³/mol. The molecule has 3 aromatic carbocycles. The highest BCUT2D eigenvalue weighted by Crippen LogP contribution is 2.26. The van der Waals surface area contributed by atoms with Crippen molar-refractivity contribution in [3.63, 3.8) is 0 Å². The van der Waals surface area contributed by atoms with E-state index in [4.69, 9.17) is 11.6 Å². The van der Waals surface area contributed by atoms with Crippen LogP contribution in [-0.2, 0) is 0 Å². The van der Waals surface area contributed by atoms with E-state index in [1.165, 1.54) is 0 Å². The molecule has 1 aliphatic rings.